The van der Waals surface area contributed by atoms with Crippen LogP contribution in [0.3, 0.4) is 0 Å². The van der Waals surface area contributed by atoms with Crippen LogP contribution in [0.15, 0.2) is 12.2 Å². The van der Waals surface area contributed by atoms with Gasteiger partial charge in [0.25, 0.3) is 0 Å². The molecule has 0 aromatic heterocycles. The minimum Gasteiger partial charge on any atom is -0.348 e. The van der Waals surface area contributed by atoms with Gasteiger partial charge in [-0.1, -0.05) is 32.9 Å². The van der Waals surface area contributed by atoms with E-state index in [0.717, 1.165) is 6.42 Å². The van der Waals surface area contributed by atoms with E-state index in [1.807, 2.05) is 20.8 Å². The van der Waals surface area contributed by atoms with E-state index in [2.05, 4.69) is 31.3 Å². The Morgan fingerprint density at radius 2 is 2.00 bits per heavy atom. The minimum atomic E-state index is -0.226. The molecule has 0 aliphatic carbocycles. The molecule has 1 amide bonds. The molecule has 14 heavy (non-hydrogen) atoms. The van der Waals surface area contributed by atoms with Crippen LogP contribution in [0.25, 0.3) is 0 Å². The second kappa shape index (κ2) is 5.84. The average molecular weight is 197 g/mol. The van der Waals surface area contributed by atoms with E-state index in [1.165, 1.54) is 0 Å². The number of hydrogen-bond acceptors (Lipinski definition) is 1. The van der Waals surface area contributed by atoms with E-state index in [1.54, 1.807) is 0 Å². The first-order valence-electron chi connectivity index (χ1n) is 5.37. The molecule has 0 rings (SSSR count). The van der Waals surface area contributed by atoms with Crippen LogP contribution in [0, 0.1) is 5.92 Å². The Kier molecular flexibility index (Phi) is 5.51. The molecule has 82 valence electrons. The first-order chi connectivity index (χ1) is 6.37. The number of amides is 1. The van der Waals surface area contributed by atoms with E-state index in [4.69, 9.17) is 0 Å². The standard InChI is InChI=1S/C12H23NO/c1-6-7-11(14)13-12(4,5)9-8-10(2)3/h8-10H,6-7H2,1-5H3,(H,13,14)/b9-8+. The van der Waals surface area contributed by atoms with Crippen molar-refractivity contribution in [3.8, 4) is 0 Å². The lowest BCUT2D eigenvalue weighted by Gasteiger charge is -2.22. The van der Waals surface area contributed by atoms with E-state index < -0.39 is 0 Å². The zero-order valence-corrected chi connectivity index (χ0v) is 10.1. The second-order valence-electron chi connectivity index (χ2n) is 4.62. The van der Waals surface area contributed by atoms with Gasteiger partial charge in [-0.3, -0.25) is 4.79 Å². The summed E-state index contributed by atoms with van der Waals surface area (Å²) in [5.74, 6) is 0.656. The third-order valence-corrected chi connectivity index (χ3v) is 1.84. The second-order valence-corrected chi connectivity index (χ2v) is 4.62. The summed E-state index contributed by atoms with van der Waals surface area (Å²) < 4.78 is 0. The number of allylic oxidation sites excluding steroid dienone is 1. The normalized spacial score (nSPS) is 12.4. The topological polar surface area (TPSA) is 29.1 Å². The Morgan fingerprint density at radius 1 is 1.43 bits per heavy atom. The van der Waals surface area contributed by atoms with Crippen molar-refractivity contribution in [1.82, 2.24) is 5.32 Å². The van der Waals surface area contributed by atoms with Gasteiger partial charge in [0.15, 0.2) is 0 Å². The lowest BCUT2D eigenvalue weighted by atomic mass is 10.0. The molecule has 0 fully saturated rings. The molecule has 0 saturated carbocycles. The Balaban J connectivity index is 4.12. The van der Waals surface area contributed by atoms with Gasteiger partial charge in [-0.05, 0) is 26.2 Å². The van der Waals surface area contributed by atoms with Crippen LogP contribution >= 0.6 is 0 Å². The van der Waals surface area contributed by atoms with Gasteiger partial charge in [0.2, 0.25) is 5.91 Å². The first-order valence-corrected chi connectivity index (χ1v) is 5.37. The summed E-state index contributed by atoms with van der Waals surface area (Å²) >= 11 is 0. The molecular weight excluding hydrogens is 174 g/mol. The lowest BCUT2D eigenvalue weighted by molar-refractivity contribution is -0.122. The summed E-state index contributed by atoms with van der Waals surface area (Å²) in [6.45, 7) is 10.3. The van der Waals surface area contributed by atoms with Gasteiger partial charge >= 0.3 is 0 Å². The number of carbonyl (C=O) groups is 1. The molecule has 0 aromatic carbocycles. The van der Waals surface area contributed by atoms with Crippen LogP contribution < -0.4 is 5.32 Å². The first kappa shape index (κ1) is 13.2. The Bertz CT molecular complexity index is 204. The van der Waals surface area contributed by atoms with Crippen LogP contribution in [0.4, 0.5) is 0 Å². The monoisotopic (exact) mass is 197 g/mol. The Hall–Kier alpha value is -0.790. The van der Waals surface area contributed by atoms with E-state index in [-0.39, 0.29) is 11.4 Å². The molecule has 0 spiro atoms. The number of rotatable bonds is 5. The van der Waals surface area contributed by atoms with Crippen LogP contribution in [0.1, 0.15) is 47.5 Å². The fourth-order valence-corrected chi connectivity index (χ4v) is 1.12. The largest absolute Gasteiger partial charge is 0.348 e. The zero-order valence-electron chi connectivity index (χ0n) is 10.1. The minimum absolute atomic E-state index is 0.130. The quantitative estimate of drug-likeness (QED) is 0.675. The van der Waals surface area contributed by atoms with E-state index in [0.29, 0.717) is 12.3 Å². The summed E-state index contributed by atoms with van der Waals surface area (Å²) in [5, 5.41) is 2.99. The van der Waals surface area contributed by atoms with E-state index in [9.17, 15) is 4.79 Å². The molecule has 0 radical (unpaired) electrons. The Morgan fingerprint density at radius 3 is 2.43 bits per heavy atom. The van der Waals surface area contributed by atoms with Crippen molar-refractivity contribution in [2.75, 3.05) is 0 Å². The third kappa shape index (κ3) is 6.70. The number of nitrogens with one attached hydrogen (secondary N) is 1. The molecule has 0 atom stereocenters. The molecule has 1 N–H and O–H groups in total. The van der Waals surface area contributed by atoms with Crippen molar-refractivity contribution in [3.63, 3.8) is 0 Å². The van der Waals surface area contributed by atoms with Crippen LogP contribution in [0.5, 0.6) is 0 Å². The summed E-state index contributed by atoms with van der Waals surface area (Å²) in [4.78, 5) is 11.4. The number of carbonyl (C=O) groups excluding carboxylic acids is 1. The fourth-order valence-electron chi connectivity index (χ4n) is 1.12. The zero-order chi connectivity index (χ0) is 11.2. The van der Waals surface area contributed by atoms with Gasteiger partial charge in [0.1, 0.15) is 0 Å². The van der Waals surface area contributed by atoms with Crippen molar-refractivity contribution in [2.24, 2.45) is 5.92 Å². The summed E-state index contributed by atoms with van der Waals surface area (Å²) in [7, 11) is 0. The smallest absolute Gasteiger partial charge is 0.220 e. The predicted molar refractivity (Wildman–Crippen MR) is 61.1 cm³/mol. The molecule has 0 aliphatic heterocycles. The fraction of sp³-hybridized carbons (Fsp3) is 0.750. The van der Waals surface area contributed by atoms with Crippen molar-refractivity contribution in [3.05, 3.63) is 12.2 Å². The van der Waals surface area contributed by atoms with Gasteiger partial charge in [0.05, 0.1) is 5.54 Å². The van der Waals surface area contributed by atoms with Crippen LogP contribution in [0.2, 0.25) is 0 Å². The maximum absolute atomic E-state index is 11.4. The van der Waals surface area contributed by atoms with Gasteiger partial charge in [-0.25, -0.2) is 0 Å². The maximum Gasteiger partial charge on any atom is 0.220 e. The number of hydrogen-bond donors (Lipinski definition) is 1. The average Bonchev–Trinajstić information content (AvgIpc) is 2.00. The summed E-state index contributed by atoms with van der Waals surface area (Å²) in [5.41, 5.74) is -0.226. The highest BCUT2D eigenvalue weighted by molar-refractivity contribution is 5.76. The van der Waals surface area contributed by atoms with Gasteiger partial charge < -0.3 is 5.32 Å². The maximum atomic E-state index is 11.4. The van der Waals surface area contributed by atoms with Crippen LogP contribution in [-0.4, -0.2) is 11.4 Å². The third-order valence-electron chi connectivity index (χ3n) is 1.84. The van der Waals surface area contributed by atoms with Crippen molar-refractivity contribution in [2.45, 2.75) is 53.0 Å². The van der Waals surface area contributed by atoms with Gasteiger partial charge in [-0.2, -0.15) is 0 Å². The molecule has 0 aliphatic rings. The van der Waals surface area contributed by atoms with Gasteiger partial charge in [0, 0.05) is 6.42 Å². The van der Waals surface area contributed by atoms with Crippen LogP contribution in [-0.2, 0) is 4.79 Å². The molecule has 0 heterocycles. The molecule has 2 nitrogen and oxygen atoms in total. The van der Waals surface area contributed by atoms with Crippen molar-refractivity contribution >= 4 is 5.91 Å². The highest BCUT2D eigenvalue weighted by Gasteiger charge is 2.15. The molecule has 2 heteroatoms. The summed E-state index contributed by atoms with van der Waals surface area (Å²) in [6.07, 6.45) is 5.69. The van der Waals surface area contributed by atoms with E-state index >= 15 is 0 Å². The summed E-state index contributed by atoms with van der Waals surface area (Å²) in [6, 6.07) is 0. The van der Waals surface area contributed by atoms with Crippen molar-refractivity contribution in [1.29, 1.82) is 0 Å². The highest BCUT2D eigenvalue weighted by atomic mass is 16.1. The lowest BCUT2D eigenvalue weighted by Crippen LogP contribution is -2.41. The van der Waals surface area contributed by atoms with Crippen molar-refractivity contribution < 1.29 is 4.79 Å². The Labute approximate surface area is 87.8 Å². The predicted octanol–water partition coefficient (Wildman–Crippen LogP) is 2.89. The SMILES string of the molecule is CCCC(=O)NC(C)(C)/C=C/C(C)C. The molecule has 0 bridgehead atoms. The molecule has 0 saturated heterocycles. The molecule has 0 unspecified atom stereocenters. The van der Waals surface area contributed by atoms with Gasteiger partial charge in [-0.15, -0.1) is 0 Å². The molecular formula is C12H23NO. The highest BCUT2D eigenvalue weighted by Crippen LogP contribution is 2.07. The molecule has 0 aromatic rings.